The van der Waals surface area contributed by atoms with Crippen LogP contribution in [0.25, 0.3) is 0 Å². The smallest absolute Gasteiger partial charge is 0.229 e. The SMILES string of the molecule is CCc1cccc(Nc2nc(Nc3ccc(N4CCN(CC)CC4)c(F)c3)ncc2Cl)c1C=O. The van der Waals surface area contributed by atoms with Crippen LogP contribution in [0.15, 0.2) is 42.6 Å². The lowest BCUT2D eigenvalue weighted by molar-refractivity contribution is 0.112. The van der Waals surface area contributed by atoms with E-state index in [9.17, 15) is 9.18 Å². The fourth-order valence-electron chi connectivity index (χ4n) is 4.09. The van der Waals surface area contributed by atoms with E-state index in [0.29, 0.717) is 33.5 Å². The number of carbonyl (C=O) groups excluding carboxylic acids is 1. The van der Waals surface area contributed by atoms with Gasteiger partial charge in [-0.25, -0.2) is 9.37 Å². The molecule has 2 N–H and O–H groups in total. The summed E-state index contributed by atoms with van der Waals surface area (Å²) in [7, 11) is 0. The molecule has 0 atom stereocenters. The van der Waals surface area contributed by atoms with Crippen LogP contribution < -0.4 is 15.5 Å². The highest BCUT2D eigenvalue weighted by atomic mass is 35.5. The summed E-state index contributed by atoms with van der Waals surface area (Å²) >= 11 is 6.30. The lowest BCUT2D eigenvalue weighted by Gasteiger charge is -2.35. The molecule has 7 nitrogen and oxygen atoms in total. The third-order valence-corrected chi connectivity index (χ3v) is 6.33. The molecule has 2 heterocycles. The van der Waals surface area contributed by atoms with Gasteiger partial charge in [-0.15, -0.1) is 0 Å². The molecule has 0 spiro atoms. The second kappa shape index (κ2) is 10.8. The average Bonchev–Trinajstić information content (AvgIpc) is 2.86. The number of carbonyl (C=O) groups is 1. The molecule has 1 fully saturated rings. The van der Waals surface area contributed by atoms with Crippen molar-refractivity contribution in [1.29, 1.82) is 0 Å². The molecule has 34 heavy (non-hydrogen) atoms. The fraction of sp³-hybridized carbons (Fsp3) is 0.320. The third kappa shape index (κ3) is 5.29. The van der Waals surface area contributed by atoms with Gasteiger partial charge in [0, 0.05) is 37.4 Å². The molecule has 9 heteroatoms. The largest absolute Gasteiger partial charge is 0.367 e. The Morgan fingerprint density at radius 1 is 1.12 bits per heavy atom. The number of rotatable bonds is 8. The zero-order valence-corrected chi connectivity index (χ0v) is 20.1. The van der Waals surface area contributed by atoms with Crippen molar-refractivity contribution in [2.75, 3.05) is 48.3 Å². The molecule has 178 valence electrons. The summed E-state index contributed by atoms with van der Waals surface area (Å²) < 4.78 is 14.9. The average molecular weight is 483 g/mol. The minimum Gasteiger partial charge on any atom is -0.367 e. The number of hydrogen-bond donors (Lipinski definition) is 2. The highest BCUT2D eigenvalue weighted by molar-refractivity contribution is 6.33. The molecule has 0 radical (unpaired) electrons. The van der Waals surface area contributed by atoms with Gasteiger partial charge < -0.3 is 20.4 Å². The number of aldehydes is 1. The lowest BCUT2D eigenvalue weighted by Crippen LogP contribution is -2.46. The molecule has 1 aliphatic heterocycles. The first-order chi connectivity index (χ1) is 16.5. The Hall–Kier alpha value is -3.23. The molecule has 3 aromatic rings. The van der Waals surface area contributed by atoms with Crippen LogP contribution >= 0.6 is 11.6 Å². The summed E-state index contributed by atoms with van der Waals surface area (Å²) in [4.78, 5) is 24.7. The van der Waals surface area contributed by atoms with Crippen LogP contribution in [0.5, 0.6) is 0 Å². The van der Waals surface area contributed by atoms with E-state index in [1.807, 2.05) is 25.1 Å². The van der Waals surface area contributed by atoms with Crippen LogP contribution in [0.1, 0.15) is 29.8 Å². The maximum absolute atomic E-state index is 14.9. The Kier molecular flexibility index (Phi) is 7.59. The van der Waals surface area contributed by atoms with Gasteiger partial charge in [-0.1, -0.05) is 37.6 Å². The number of aromatic nitrogens is 2. The molecule has 1 saturated heterocycles. The van der Waals surface area contributed by atoms with Crippen LogP contribution in [0.4, 0.5) is 33.2 Å². The van der Waals surface area contributed by atoms with Gasteiger partial charge in [0.05, 0.1) is 17.6 Å². The predicted octanol–water partition coefficient (Wildman–Crippen LogP) is 5.27. The Labute approximate surface area is 204 Å². The van der Waals surface area contributed by atoms with E-state index in [1.165, 1.54) is 12.3 Å². The monoisotopic (exact) mass is 482 g/mol. The fourth-order valence-corrected chi connectivity index (χ4v) is 4.23. The van der Waals surface area contributed by atoms with Crippen molar-refractivity contribution >= 4 is 46.7 Å². The zero-order valence-electron chi connectivity index (χ0n) is 19.3. The minimum atomic E-state index is -0.297. The summed E-state index contributed by atoms with van der Waals surface area (Å²) in [6, 6.07) is 10.6. The normalized spacial score (nSPS) is 14.2. The van der Waals surface area contributed by atoms with Crippen LogP contribution in [0, 0.1) is 5.82 Å². The van der Waals surface area contributed by atoms with Gasteiger partial charge in [0.25, 0.3) is 0 Å². The van der Waals surface area contributed by atoms with Gasteiger partial charge in [0.2, 0.25) is 5.95 Å². The molecule has 1 aromatic heterocycles. The maximum Gasteiger partial charge on any atom is 0.229 e. The number of nitrogens with one attached hydrogen (secondary N) is 2. The van der Waals surface area contributed by atoms with E-state index < -0.39 is 0 Å². The molecule has 4 rings (SSSR count). The van der Waals surface area contributed by atoms with E-state index in [-0.39, 0.29) is 11.8 Å². The van der Waals surface area contributed by atoms with Crippen LogP contribution in [0.3, 0.4) is 0 Å². The Balaban J connectivity index is 1.51. The molecule has 0 amide bonds. The number of aryl methyl sites for hydroxylation is 1. The van der Waals surface area contributed by atoms with Crippen molar-refractivity contribution in [3.8, 4) is 0 Å². The topological polar surface area (TPSA) is 73.4 Å². The molecule has 0 saturated carbocycles. The van der Waals surface area contributed by atoms with Crippen molar-refractivity contribution in [3.63, 3.8) is 0 Å². The number of piperazine rings is 1. The number of hydrogen-bond acceptors (Lipinski definition) is 7. The van der Waals surface area contributed by atoms with E-state index in [4.69, 9.17) is 11.6 Å². The van der Waals surface area contributed by atoms with Crippen LogP contribution in [-0.4, -0.2) is 53.9 Å². The molecule has 0 unspecified atom stereocenters. The second-order valence-electron chi connectivity index (χ2n) is 8.08. The number of likely N-dealkylation sites (N-methyl/N-ethyl adjacent to an activating group) is 1. The molecule has 1 aliphatic rings. The summed E-state index contributed by atoms with van der Waals surface area (Å²) in [6.45, 7) is 8.59. The number of anilines is 5. The summed E-state index contributed by atoms with van der Waals surface area (Å²) in [6.07, 6.45) is 3.01. The first-order valence-electron chi connectivity index (χ1n) is 11.4. The molecule has 0 aliphatic carbocycles. The van der Waals surface area contributed by atoms with Crippen LogP contribution in [-0.2, 0) is 6.42 Å². The van der Waals surface area contributed by atoms with E-state index in [0.717, 1.165) is 51.0 Å². The van der Waals surface area contributed by atoms with Crippen molar-refractivity contribution in [3.05, 3.63) is 64.6 Å². The standard InChI is InChI=1S/C25H28ClFN6O/c1-3-17-6-5-7-22(19(17)16-34)30-24-20(26)15-28-25(31-24)29-18-8-9-23(21(27)14-18)33-12-10-32(4-2)11-13-33/h5-9,14-16H,3-4,10-13H2,1-2H3,(H2,28,29,30,31). The first-order valence-corrected chi connectivity index (χ1v) is 11.8. The van der Waals surface area contributed by atoms with E-state index in [1.54, 1.807) is 12.1 Å². The predicted molar refractivity (Wildman–Crippen MR) is 136 cm³/mol. The minimum absolute atomic E-state index is 0.259. The number of halogens is 2. The van der Waals surface area contributed by atoms with Gasteiger partial charge in [0.15, 0.2) is 12.1 Å². The molecule has 0 bridgehead atoms. The van der Waals surface area contributed by atoms with Gasteiger partial charge in [0.1, 0.15) is 10.8 Å². The highest BCUT2D eigenvalue weighted by Gasteiger charge is 2.19. The Morgan fingerprint density at radius 3 is 2.59 bits per heavy atom. The summed E-state index contributed by atoms with van der Waals surface area (Å²) in [5.74, 6) is 0.311. The number of benzene rings is 2. The van der Waals surface area contributed by atoms with E-state index in [2.05, 4.69) is 37.3 Å². The molecular formula is C25H28ClFN6O. The molecule has 2 aromatic carbocycles. The van der Waals surface area contributed by atoms with Crippen LogP contribution in [0.2, 0.25) is 5.02 Å². The van der Waals surface area contributed by atoms with Crippen molar-refractivity contribution < 1.29 is 9.18 Å². The first kappa shape index (κ1) is 23.9. The summed E-state index contributed by atoms with van der Waals surface area (Å²) in [5, 5.41) is 6.47. The van der Waals surface area contributed by atoms with Gasteiger partial charge >= 0.3 is 0 Å². The Bertz CT molecular complexity index is 1170. The van der Waals surface area contributed by atoms with E-state index >= 15 is 0 Å². The lowest BCUT2D eigenvalue weighted by atomic mass is 10.0. The maximum atomic E-state index is 14.9. The van der Waals surface area contributed by atoms with Crippen molar-refractivity contribution in [1.82, 2.24) is 14.9 Å². The van der Waals surface area contributed by atoms with Gasteiger partial charge in [-0.05, 0) is 42.8 Å². The van der Waals surface area contributed by atoms with Gasteiger partial charge in [-0.2, -0.15) is 4.98 Å². The second-order valence-corrected chi connectivity index (χ2v) is 8.48. The zero-order chi connectivity index (χ0) is 24.1. The van der Waals surface area contributed by atoms with Crippen molar-refractivity contribution in [2.24, 2.45) is 0 Å². The summed E-state index contributed by atoms with van der Waals surface area (Å²) in [5.41, 5.74) is 3.22. The Morgan fingerprint density at radius 2 is 1.91 bits per heavy atom. The molecular weight excluding hydrogens is 455 g/mol. The van der Waals surface area contributed by atoms with Crippen molar-refractivity contribution in [2.45, 2.75) is 20.3 Å². The number of nitrogens with zero attached hydrogens (tertiary/aromatic N) is 4. The quantitative estimate of drug-likeness (QED) is 0.423. The third-order valence-electron chi connectivity index (χ3n) is 6.06. The highest BCUT2D eigenvalue weighted by Crippen LogP contribution is 2.29. The van der Waals surface area contributed by atoms with Gasteiger partial charge in [-0.3, -0.25) is 4.79 Å².